The van der Waals surface area contributed by atoms with E-state index in [9.17, 15) is 9.18 Å². The summed E-state index contributed by atoms with van der Waals surface area (Å²) < 4.78 is 14.7. The number of nitrogens with two attached hydrogens (primary N) is 1. The van der Waals surface area contributed by atoms with Crippen LogP contribution in [0.1, 0.15) is 36.3 Å². The number of hydrogen-bond donors (Lipinski definition) is 1. The lowest BCUT2D eigenvalue weighted by atomic mass is 10.0. The molecular weight excluding hydrogens is 345 g/mol. The first-order valence-electron chi connectivity index (χ1n) is 8.02. The summed E-state index contributed by atoms with van der Waals surface area (Å²) in [4.78, 5) is 14.0. The van der Waals surface area contributed by atoms with Gasteiger partial charge in [-0.15, -0.1) is 17.5 Å². The van der Waals surface area contributed by atoms with Crippen molar-refractivity contribution in [3.05, 3.63) is 47.5 Å². The number of nitrogens with zero attached hydrogens (tertiary/aromatic N) is 4. The molecule has 0 aliphatic heterocycles. The summed E-state index contributed by atoms with van der Waals surface area (Å²) in [7, 11) is 1.72. The van der Waals surface area contributed by atoms with Gasteiger partial charge in [-0.2, -0.15) is 0 Å². The molecule has 1 aromatic heterocycles. The summed E-state index contributed by atoms with van der Waals surface area (Å²) in [6, 6.07) is 6.31. The van der Waals surface area contributed by atoms with Crippen LogP contribution in [0.3, 0.4) is 0 Å². The molecule has 0 fully saturated rings. The standard InChI is InChI=1S/C17H24FN5O.ClH/c1-12(2)15(19)7-8-22(3)17(24)16-11-23(21-20-16)10-13-5-4-6-14(18)9-13;/h4-6,9,11-12,15H,7-8,10,19H2,1-3H3;1H. The SMILES string of the molecule is CC(C)C(N)CCN(C)C(=O)c1cn(Cc2cccc(F)c2)nn1.Cl. The fourth-order valence-corrected chi connectivity index (χ4v) is 2.27. The molecule has 2 rings (SSSR count). The molecule has 6 nitrogen and oxygen atoms in total. The van der Waals surface area contributed by atoms with Crippen LogP contribution in [0, 0.1) is 11.7 Å². The van der Waals surface area contributed by atoms with Gasteiger partial charge >= 0.3 is 0 Å². The minimum atomic E-state index is -0.301. The summed E-state index contributed by atoms with van der Waals surface area (Å²) in [5, 5.41) is 7.85. The molecule has 1 unspecified atom stereocenters. The molecule has 1 aromatic carbocycles. The molecule has 8 heteroatoms. The lowest BCUT2D eigenvalue weighted by molar-refractivity contribution is 0.0783. The highest BCUT2D eigenvalue weighted by Crippen LogP contribution is 2.08. The average Bonchev–Trinajstić information content (AvgIpc) is 2.99. The van der Waals surface area contributed by atoms with Gasteiger partial charge in [-0.05, 0) is 30.0 Å². The van der Waals surface area contributed by atoms with Gasteiger partial charge in [0.25, 0.3) is 5.91 Å². The van der Waals surface area contributed by atoms with E-state index < -0.39 is 0 Å². The number of carbonyl (C=O) groups is 1. The Morgan fingerprint density at radius 1 is 1.40 bits per heavy atom. The summed E-state index contributed by atoms with van der Waals surface area (Å²) in [6.45, 7) is 5.05. The van der Waals surface area contributed by atoms with Crippen molar-refractivity contribution in [1.82, 2.24) is 19.9 Å². The minimum absolute atomic E-state index is 0. The number of aromatic nitrogens is 3. The zero-order valence-corrected chi connectivity index (χ0v) is 15.5. The van der Waals surface area contributed by atoms with E-state index in [1.54, 1.807) is 30.3 Å². The van der Waals surface area contributed by atoms with E-state index in [2.05, 4.69) is 24.2 Å². The summed E-state index contributed by atoms with van der Waals surface area (Å²) in [5.41, 5.74) is 7.03. The quantitative estimate of drug-likeness (QED) is 0.812. The molecule has 0 spiro atoms. The van der Waals surface area contributed by atoms with E-state index in [4.69, 9.17) is 5.73 Å². The molecule has 0 saturated carbocycles. The van der Waals surface area contributed by atoms with E-state index in [-0.39, 0.29) is 35.9 Å². The Morgan fingerprint density at radius 3 is 2.76 bits per heavy atom. The first-order chi connectivity index (χ1) is 11.4. The highest BCUT2D eigenvalue weighted by molar-refractivity contribution is 5.91. The van der Waals surface area contributed by atoms with Crippen molar-refractivity contribution >= 4 is 18.3 Å². The maximum absolute atomic E-state index is 13.2. The monoisotopic (exact) mass is 369 g/mol. The van der Waals surface area contributed by atoms with Crippen LogP contribution in [0.4, 0.5) is 4.39 Å². The number of carbonyl (C=O) groups excluding carboxylic acids is 1. The molecule has 1 heterocycles. The van der Waals surface area contributed by atoms with Crippen LogP contribution in [0.2, 0.25) is 0 Å². The van der Waals surface area contributed by atoms with Crippen molar-refractivity contribution in [3.63, 3.8) is 0 Å². The third kappa shape index (κ3) is 6.10. The largest absolute Gasteiger partial charge is 0.340 e. The summed E-state index contributed by atoms with van der Waals surface area (Å²) >= 11 is 0. The topological polar surface area (TPSA) is 77.0 Å². The Morgan fingerprint density at radius 2 is 2.12 bits per heavy atom. The van der Waals surface area contributed by atoms with Crippen LogP contribution < -0.4 is 5.73 Å². The van der Waals surface area contributed by atoms with Gasteiger partial charge in [0.15, 0.2) is 5.69 Å². The predicted octanol–water partition coefficient (Wildman–Crippen LogP) is 2.33. The van der Waals surface area contributed by atoms with Gasteiger partial charge in [0.05, 0.1) is 12.7 Å². The van der Waals surface area contributed by atoms with Crippen LogP contribution >= 0.6 is 12.4 Å². The van der Waals surface area contributed by atoms with Crippen molar-refractivity contribution in [2.75, 3.05) is 13.6 Å². The van der Waals surface area contributed by atoms with Crippen LogP contribution in [0.15, 0.2) is 30.5 Å². The molecule has 0 aliphatic carbocycles. The third-order valence-electron chi connectivity index (χ3n) is 3.99. The van der Waals surface area contributed by atoms with E-state index in [0.29, 0.717) is 19.0 Å². The second-order valence-corrected chi connectivity index (χ2v) is 6.35. The Bertz CT molecular complexity index is 691. The van der Waals surface area contributed by atoms with E-state index in [0.717, 1.165) is 12.0 Å². The number of halogens is 2. The van der Waals surface area contributed by atoms with Crippen molar-refractivity contribution < 1.29 is 9.18 Å². The van der Waals surface area contributed by atoms with Gasteiger partial charge in [-0.3, -0.25) is 4.79 Å². The van der Waals surface area contributed by atoms with E-state index in [1.807, 2.05) is 0 Å². The molecule has 2 aromatic rings. The van der Waals surface area contributed by atoms with Crippen LogP contribution in [0.25, 0.3) is 0 Å². The second-order valence-electron chi connectivity index (χ2n) is 6.35. The fourth-order valence-electron chi connectivity index (χ4n) is 2.27. The lowest BCUT2D eigenvalue weighted by Gasteiger charge is -2.20. The Kier molecular flexibility index (Phi) is 7.99. The van der Waals surface area contributed by atoms with Gasteiger partial charge in [0.2, 0.25) is 0 Å². The van der Waals surface area contributed by atoms with Crippen molar-refractivity contribution in [3.8, 4) is 0 Å². The van der Waals surface area contributed by atoms with Gasteiger partial charge in [0, 0.05) is 19.6 Å². The highest BCUT2D eigenvalue weighted by atomic mass is 35.5. The second kappa shape index (κ2) is 9.48. The number of amides is 1. The molecular formula is C17H25ClFN5O. The smallest absolute Gasteiger partial charge is 0.275 e. The summed E-state index contributed by atoms with van der Waals surface area (Å²) in [5.74, 6) is -0.123. The highest BCUT2D eigenvalue weighted by Gasteiger charge is 2.17. The molecule has 0 bridgehead atoms. The molecule has 0 radical (unpaired) electrons. The van der Waals surface area contributed by atoms with Gasteiger partial charge < -0.3 is 10.6 Å². The van der Waals surface area contributed by atoms with Crippen LogP contribution in [0.5, 0.6) is 0 Å². The fraction of sp³-hybridized carbons (Fsp3) is 0.471. The lowest BCUT2D eigenvalue weighted by Crippen LogP contribution is -2.34. The van der Waals surface area contributed by atoms with Crippen molar-refractivity contribution in [2.24, 2.45) is 11.7 Å². The predicted molar refractivity (Wildman–Crippen MR) is 97.2 cm³/mol. The molecule has 138 valence electrons. The molecule has 2 N–H and O–H groups in total. The van der Waals surface area contributed by atoms with E-state index >= 15 is 0 Å². The van der Waals surface area contributed by atoms with E-state index in [1.165, 1.54) is 16.8 Å². The van der Waals surface area contributed by atoms with Crippen molar-refractivity contribution in [2.45, 2.75) is 32.9 Å². The first-order valence-corrected chi connectivity index (χ1v) is 8.02. The van der Waals surface area contributed by atoms with Crippen LogP contribution in [-0.2, 0) is 6.54 Å². The molecule has 0 aliphatic rings. The molecule has 1 atom stereocenters. The first kappa shape index (κ1) is 21.1. The number of rotatable bonds is 7. The summed E-state index contributed by atoms with van der Waals surface area (Å²) in [6.07, 6.45) is 2.31. The number of hydrogen-bond acceptors (Lipinski definition) is 4. The normalized spacial score (nSPS) is 11.9. The number of benzene rings is 1. The maximum atomic E-state index is 13.2. The average molecular weight is 370 g/mol. The molecule has 1 amide bonds. The maximum Gasteiger partial charge on any atom is 0.275 e. The van der Waals surface area contributed by atoms with Gasteiger partial charge in [0.1, 0.15) is 5.82 Å². The molecule has 25 heavy (non-hydrogen) atoms. The minimum Gasteiger partial charge on any atom is -0.340 e. The Labute approximate surface area is 153 Å². The zero-order valence-electron chi connectivity index (χ0n) is 14.7. The Balaban J connectivity index is 0.00000312. The third-order valence-corrected chi connectivity index (χ3v) is 3.99. The molecule has 0 saturated heterocycles. The van der Waals surface area contributed by atoms with Crippen molar-refractivity contribution in [1.29, 1.82) is 0 Å². The van der Waals surface area contributed by atoms with Gasteiger partial charge in [-0.25, -0.2) is 9.07 Å². The van der Waals surface area contributed by atoms with Gasteiger partial charge in [-0.1, -0.05) is 31.2 Å². The zero-order chi connectivity index (χ0) is 17.7. The van der Waals surface area contributed by atoms with Crippen LogP contribution in [-0.4, -0.2) is 45.4 Å². The Hall–Kier alpha value is -1.99.